The van der Waals surface area contributed by atoms with Crippen LogP contribution in [-0.2, 0) is 17.8 Å². The van der Waals surface area contributed by atoms with E-state index in [9.17, 15) is 14.9 Å². The highest BCUT2D eigenvalue weighted by atomic mass is 16.6. The molecule has 0 atom stereocenters. The number of hydrogen-bond acceptors (Lipinski definition) is 4. The molecule has 0 saturated heterocycles. The van der Waals surface area contributed by atoms with Gasteiger partial charge >= 0.3 is 5.69 Å². The van der Waals surface area contributed by atoms with Crippen LogP contribution in [0.1, 0.15) is 24.6 Å². The smallest absolute Gasteiger partial charge is 0.309 e. The second-order valence-corrected chi connectivity index (χ2v) is 4.97. The molecular formula is C15H18N4O3. The fourth-order valence-electron chi connectivity index (χ4n) is 2.06. The van der Waals surface area contributed by atoms with Crippen LogP contribution < -0.4 is 5.32 Å². The summed E-state index contributed by atoms with van der Waals surface area (Å²) >= 11 is 0. The molecule has 7 nitrogen and oxygen atoms in total. The molecule has 22 heavy (non-hydrogen) atoms. The van der Waals surface area contributed by atoms with Gasteiger partial charge in [-0.2, -0.15) is 5.10 Å². The summed E-state index contributed by atoms with van der Waals surface area (Å²) in [7, 11) is 0. The lowest BCUT2D eigenvalue weighted by Gasteiger charge is -2.06. The van der Waals surface area contributed by atoms with E-state index < -0.39 is 4.92 Å². The van der Waals surface area contributed by atoms with Gasteiger partial charge in [0.25, 0.3) is 0 Å². The van der Waals surface area contributed by atoms with E-state index in [0.717, 1.165) is 12.1 Å². The second-order valence-electron chi connectivity index (χ2n) is 4.97. The molecule has 1 amide bonds. The summed E-state index contributed by atoms with van der Waals surface area (Å²) in [5.41, 5.74) is 2.26. The minimum absolute atomic E-state index is 0.0319. The summed E-state index contributed by atoms with van der Waals surface area (Å²) in [6.07, 6.45) is 2.50. The van der Waals surface area contributed by atoms with Crippen LogP contribution >= 0.6 is 0 Å². The molecule has 0 bridgehead atoms. The fourth-order valence-corrected chi connectivity index (χ4v) is 2.06. The van der Waals surface area contributed by atoms with E-state index in [-0.39, 0.29) is 18.0 Å². The van der Waals surface area contributed by atoms with Crippen molar-refractivity contribution in [3.63, 3.8) is 0 Å². The third kappa shape index (κ3) is 3.91. The average Bonchev–Trinajstić information content (AvgIpc) is 2.87. The van der Waals surface area contributed by atoms with Gasteiger partial charge in [-0.25, -0.2) is 0 Å². The summed E-state index contributed by atoms with van der Waals surface area (Å²) in [5.74, 6) is -0.153. The van der Waals surface area contributed by atoms with E-state index >= 15 is 0 Å². The van der Waals surface area contributed by atoms with Gasteiger partial charge in [-0.05, 0) is 31.0 Å². The Labute approximate surface area is 128 Å². The van der Waals surface area contributed by atoms with E-state index in [0.29, 0.717) is 12.2 Å². The van der Waals surface area contributed by atoms with Crippen LogP contribution in [0, 0.1) is 17.0 Å². The largest absolute Gasteiger partial charge is 0.326 e. The molecule has 0 aliphatic rings. The number of hydrogen-bond donors (Lipinski definition) is 1. The van der Waals surface area contributed by atoms with Crippen LogP contribution in [0.25, 0.3) is 0 Å². The van der Waals surface area contributed by atoms with Crippen LogP contribution in [0.3, 0.4) is 0 Å². The van der Waals surface area contributed by atoms with Crippen LogP contribution in [0.2, 0.25) is 0 Å². The maximum Gasteiger partial charge on any atom is 0.309 e. The summed E-state index contributed by atoms with van der Waals surface area (Å²) in [6.45, 7) is 3.94. The Bertz CT molecular complexity index is 677. The van der Waals surface area contributed by atoms with Gasteiger partial charge in [-0.3, -0.25) is 19.6 Å². The molecule has 1 heterocycles. The van der Waals surface area contributed by atoms with Gasteiger partial charge in [-0.15, -0.1) is 0 Å². The molecule has 7 heteroatoms. The molecule has 1 aromatic carbocycles. The summed E-state index contributed by atoms with van der Waals surface area (Å²) in [6, 6.07) is 7.66. The van der Waals surface area contributed by atoms with Gasteiger partial charge in [0.2, 0.25) is 5.91 Å². The van der Waals surface area contributed by atoms with E-state index in [1.807, 2.05) is 24.3 Å². The number of rotatable bonds is 6. The Morgan fingerprint density at radius 1 is 1.36 bits per heavy atom. The first-order valence-electron chi connectivity index (χ1n) is 7.07. The van der Waals surface area contributed by atoms with Crippen molar-refractivity contribution in [3.05, 3.63) is 51.8 Å². The predicted molar refractivity (Wildman–Crippen MR) is 82.7 cm³/mol. The molecule has 0 saturated carbocycles. The molecule has 2 aromatic rings. The summed E-state index contributed by atoms with van der Waals surface area (Å²) in [4.78, 5) is 22.1. The first kappa shape index (κ1) is 15.7. The topological polar surface area (TPSA) is 90.1 Å². The standard InChI is InChI=1S/C15H18N4O3/c1-3-12-4-6-13(7-5-12)16-15(20)8-9-18-10-14(19(21)22)11(2)17-18/h4-7,10H,3,8-9H2,1-2H3,(H,16,20). The van der Waals surface area contributed by atoms with Crippen LogP contribution in [0.5, 0.6) is 0 Å². The monoisotopic (exact) mass is 302 g/mol. The zero-order chi connectivity index (χ0) is 16.1. The molecule has 1 aromatic heterocycles. The minimum Gasteiger partial charge on any atom is -0.326 e. The second kappa shape index (κ2) is 6.84. The zero-order valence-electron chi connectivity index (χ0n) is 12.6. The predicted octanol–water partition coefficient (Wildman–Crippen LogP) is 2.69. The Morgan fingerprint density at radius 3 is 2.59 bits per heavy atom. The van der Waals surface area contributed by atoms with Crippen LogP contribution in [0.4, 0.5) is 11.4 Å². The first-order chi connectivity index (χ1) is 10.5. The number of anilines is 1. The van der Waals surface area contributed by atoms with Crippen molar-refractivity contribution in [2.24, 2.45) is 0 Å². The molecule has 1 N–H and O–H groups in total. The summed E-state index contributed by atoms with van der Waals surface area (Å²) < 4.78 is 1.42. The maximum atomic E-state index is 11.9. The number of nitrogens with zero attached hydrogens (tertiary/aromatic N) is 3. The Morgan fingerprint density at radius 2 is 2.05 bits per heavy atom. The number of benzene rings is 1. The van der Waals surface area contributed by atoms with Crippen molar-refractivity contribution in [3.8, 4) is 0 Å². The van der Waals surface area contributed by atoms with Gasteiger partial charge in [0.15, 0.2) is 0 Å². The third-order valence-electron chi connectivity index (χ3n) is 3.33. The molecule has 0 spiro atoms. The highest BCUT2D eigenvalue weighted by molar-refractivity contribution is 5.90. The minimum atomic E-state index is -0.478. The van der Waals surface area contributed by atoms with Gasteiger partial charge in [-0.1, -0.05) is 19.1 Å². The third-order valence-corrected chi connectivity index (χ3v) is 3.33. The lowest BCUT2D eigenvalue weighted by Crippen LogP contribution is -2.14. The molecular weight excluding hydrogens is 284 g/mol. The van der Waals surface area contributed by atoms with E-state index in [4.69, 9.17) is 0 Å². The summed E-state index contributed by atoms with van der Waals surface area (Å²) in [5, 5.41) is 17.6. The van der Waals surface area contributed by atoms with Gasteiger partial charge in [0.05, 0.1) is 4.92 Å². The number of amides is 1. The number of carbonyl (C=O) groups is 1. The van der Waals surface area contributed by atoms with E-state index in [1.54, 1.807) is 6.92 Å². The highest BCUT2D eigenvalue weighted by Gasteiger charge is 2.15. The van der Waals surface area contributed by atoms with Gasteiger partial charge in [0.1, 0.15) is 11.9 Å². The number of aromatic nitrogens is 2. The average molecular weight is 302 g/mol. The molecule has 0 fully saturated rings. The lowest BCUT2D eigenvalue weighted by atomic mass is 10.1. The van der Waals surface area contributed by atoms with Crippen LogP contribution in [-0.4, -0.2) is 20.6 Å². The maximum absolute atomic E-state index is 11.9. The fraction of sp³-hybridized carbons (Fsp3) is 0.333. The number of nitrogens with one attached hydrogen (secondary N) is 1. The molecule has 2 rings (SSSR count). The van der Waals surface area contributed by atoms with Crippen molar-refractivity contribution < 1.29 is 9.72 Å². The highest BCUT2D eigenvalue weighted by Crippen LogP contribution is 2.15. The molecule has 0 aliphatic heterocycles. The zero-order valence-corrected chi connectivity index (χ0v) is 12.6. The normalized spacial score (nSPS) is 10.5. The molecule has 0 radical (unpaired) electrons. The van der Waals surface area contributed by atoms with Gasteiger partial charge in [0, 0.05) is 18.7 Å². The van der Waals surface area contributed by atoms with Crippen LogP contribution in [0.15, 0.2) is 30.5 Å². The first-order valence-corrected chi connectivity index (χ1v) is 7.07. The van der Waals surface area contributed by atoms with E-state index in [1.165, 1.54) is 16.4 Å². The number of nitro groups is 1. The van der Waals surface area contributed by atoms with Gasteiger partial charge < -0.3 is 5.32 Å². The molecule has 0 unspecified atom stereocenters. The Kier molecular flexibility index (Phi) is 4.88. The SMILES string of the molecule is CCc1ccc(NC(=O)CCn2cc([N+](=O)[O-])c(C)n2)cc1. The van der Waals surface area contributed by atoms with Crippen molar-refractivity contribution >= 4 is 17.3 Å². The Balaban J connectivity index is 1.89. The quantitative estimate of drug-likeness (QED) is 0.656. The lowest BCUT2D eigenvalue weighted by molar-refractivity contribution is -0.385. The Hall–Kier alpha value is -2.70. The van der Waals surface area contributed by atoms with E-state index in [2.05, 4.69) is 17.3 Å². The molecule has 0 aliphatic carbocycles. The van der Waals surface area contributed by atoms with Crippen molar-refractivity contribution in [1.82, 2.24) is 9.78 Å². The van der Waals surface area contributed by atoms with Crippen molar-refractivity contribution in [2.45, 2.75) is 33.2 Å². The molecule has 116 valence electrons. The van der Waals surface area contributed by atoms with Crippen molar-refractivity contribution in [1.29, 1.82) is 0 Å². The van der Waals surface area contributed by atoms with Crippen molar-refractivity contribution in [2.75, 3.05) is 5.32 Å². The number of carbonyl (C=O) groups excluding carboxylic acids is 1. The number of aryl methyl sites for hydroxylation is 3.